The van der Waals surface area contributed by atoms with Crippen molar-refractivity contribution in [2.24, 2.45) is 5.92 Å². The standard InChI is InChI=1S/C11H17F2NO3/c12-11(13)4-8(17-10(11)16)5-14-9-3-1-2-7(9)6-15/h7-9,14-15H,1-6H2. The van der Waals surface area contributed by atoms with Gasteiger partial charge in [0.2, 0.25) is 0 Å². The highest BCUT2D eigenvalue weighted by Gasteiger charge is 2.50. The van der Waals surface area contributed by atoms with Gasteiger partial charge in [-0.25, -0.2) is 4.79 Å². The first-order chi connectivity index (χ1) is 8.03. The number of esters is 1. The maximum Gasteiger partial charge on any atom is 0.377 e. The van der Waals surface area contributed by atoms with Gasteiger partial charge in [0.05, 0.1) is 6.42 Å². The molecule has 0 aromatic heterocycles. The zero-order valence-corrected chi connectivity index (χ0v) is 9.49. The highest BCUT2D eigenvalue weighted by molar-refractivity contribution is 5.79. The topological polar surface area (TPSA) is 58.6 Å². The molecule has 1 saturated carbocycles. The zero-order chi connectivity index (χ0) is 12.5. The number of carbonyl (C=O) groups is 1. The highest BCUT2D eigenvalue weighted by Crippen LogP contribution is 2.31. The average Bonchev–Trinajstić information content (AvgIpc) is 2.81. The lowest BCUT2D eigenvalue weighted by Crippen LogP contribution is -2.39. The Morgan fingerprint density at radius 2 is 2.24 bits per heavy atom. The molecule has 4 nitrogen and oxygen atoms in total. The van der Waals surface area contributed by atoms with Crippen molar-refractivity contribution in [1.29, 1.82) is 0 Å². The fourth-order valence-electron chi connectivity index (χ4n) is 2.57. The van der Waals surface area contributed by atoms with Crippen LogP contribution in [0.4, 0.5) is 8.78 Å². The monoisotopic (exact) mass is 249 g/mol. The summed E-state index contributed by atoms with van der Waals surface area (Å²) in [5.74, 6) is -4.57. The molecule has 0 spiro atoms. The van der Waals surface area contributed by atoms with E-state index in [4.69, 9.17) is 5.11 Å². The Hall–Kier alpha value is -0.750. The van der Waals surface area contributed by atoms with Gasteiger partial charge in [-0.1, -0.05) is 6.42 Å². The summed E-state index contributed by atoms with van der Waals surface area (Å²) in [4.78, 5) is 10.8. The van der Waals surface area contributed by atoms with E-state index in [-0.39, 0.29) is 25.1 Å². The van der Waals surface area contributed by atoms with E-state index in [9.17, 15) is 13.6 Å². The second-order valence-electron chi connectivity index (χ2n) is 4.82. The highest BCUT2D eigenvalue weighted by atomic mass is 19.3. The molecule has 2 N–H and O–H groups in total. The van der Waals surface area contributed by atoms with E-state index in [1.165, 1.54) is 0 Å². The van der Waals surface area contributed by atoms with Gasteiger partial charge in [0.25, 0.3) is 0 Å². The predicted molar refractivity (Wildman–Crippen MR) is 55.7 cm³/mol. The quantitative estimate of drug-likeness (QED) is 0.720. The van der Waals surface area contributed by atoms with Crippen molar-refractivity contribution in [1.82, 2.24) is 5.32 Å². The lowest BCUT2D eigenvalue weighted by molar-refractivity contribution is -0.159. The molecule has 0 bridgehead atoms. The van der Waals surface area contributed by atoms with Crippen LogP contribution < -0.4 is 5.32 Å². The summed E-state index contributed by atoms with van der Waals surface area (Å²) in [6.07, 6.45) is 1.62. The normalized spacial score (nSPS) is 36.2. The van der Waals surface area contributed by atoms with Crippen molar-refractivity contribution in [2.75, 3.05) is 13.2 Å². The molecule has 0 amide bonds. The molecule has 1 heterocycles. The number of halogens is 2. The van der Waals surface area contributed by atoms with Gasteiger partial charge in [-0.15, -0.1) is 0 Å². The maximum absolute atomic E-state index is 12.9. The van der Waals surface area contributed by atoms with Gasteiger partial charge in [-0.05, 0) is 18.8 Å². The number of carbonyl (C=O) groups excluding carboxylic acids is 1. The number of aliphatic hydroxyl groups excluding tert-OH is 1. The minimum Gasteiger partial charge on any atom is -0.456 e. The van der Waals surface area contributed by atoms with E-state index >= 15 is 0 Å². The van der Waals surface area contributed by atoms with Crippen LogP contribution in [0, 0.1) is 5.92 Å². The molecule has 98 valence electrons. The zero-order valence-electron chi connectivity index (χ0n) is 9.49. The fraction of sp³-hybridized carbons (Fsp3) is 0.909. The van der Waals surface area contributed by atoms with Gasteiger partial charge in [0, 0.05) is 19.2 Å². The summed E-state index contributed by atoms with van der Waals surface area (Å²) in [6.45, 7) is 0.348. The summed E-state index contributed by atoms with van der Waals surface area (Å²) < 4.78 is 30.4. The average molecular weight is 249 g/mol. The molecule has 1 aliphatic carbocycles. The molecule has 0 radical (unpaired) electrons. The summed E-state index contributed by atoms with van der Waals surface area (Å²) in [6, 6.07) is 0.146. The van der Waals surface area contributed by atoms with Crippen LogP contribution in [0.25, 0.3) is 0 Å². The van der Waals surface area contributed by atoms with Crippen molar-refractivity contribution >= 4 is 5.97 Å². The van der Waals surface area contributed by atoms with Crippen LogP contribution >= 0.6 is 0 Å². The Bertz CT molecular complexity index is 298. The minimum atomic E-state index is -3.33. The number of hydrogen-bond donors (Lipinski definition) is 2. The van der Waals surface area contributed by atoms with E-state index in [1.54, 1.807) is 0 Å². The Kier molecular flexibility index (Phi) is 3.63. The second-order valence-corrected chi connectivity index (χ2v) is 4.82. The predicted octanol–water partition coefficient (Wildman–Crippen LogP) is 0.688. The van der Waals surface area contributed by atoms with Crippen molar-refractivity contribution in [3.63, 3.8) is 0 Å². The molecule has 2 aliphatic rings. The SMILES string of the molecule is O=C1OC(CNC2CCCC2CO)CC1(F)F. The molecule has 0 aromatic carbocycles. The fourth-order valence-corrected chi connectivity index (χ4v) is 2.57. The van der Waals surface area contributed by atoms with Gasteiger partial charge >= 0.3 is 11.9 Å². The number of nitrogens with one attached hydrogen (secondary N) is 1. The number of hydrogen-bond acceptors (Lipinski definition) is 4. The van der Waals surface area contributed by atoms with Crippen LogP contribution in [-0.2, 0) is 9.53 Å². The van der Waals surface area contributed by atoms with E-state index in [0.29, 0.717) is 0 Å². The molecule has 17 heavy (non-hydrogen) atoms. The molecular weight excluding hydrogens is 232 g/mol. The first kappa shape index (κ1) is 12.7. The van der Waals surface area contributed by atoms with Gasteiger partial charge < -0.3 is 15.2 Å². The number of ether oxygens (including phenoxy) is 1. The number of rotatable bonds is 4. The van der Waals surface area contributed by atoms with Gasteiger partial charge in [-0.3, -0.25) is 0 Å². The lowest BCUT2D eigenvalue weighted by Gasteiger charge is -2.20. The van der Waals surface area contributed by atoms with Crippen molar-refractivity contribution in [3.8, 4) is 0 Å². The van der Waals surface area contributed by atoms with Gasteiger partial charge in [0.15, 0.2) is 0 Å². The molecule has 0 aromatic rings. The summed E-state index contributed by atoms with van der Waals surface area (Å²) in [7, 11) is 0. The minimum absolute atomic E-state index is 0.109. The number of alkyl halides is 2. The summed E-state index contributed by atoms with van der Waals surface area (Å²) in [5, 5.41) is 12.2. The summed E-state index contributed by atoms with van der Waals surface area (Å²) in [5.41, 5.74) is 0. The van der Waals surface area contributed by atoms with Crippen LogP contribution in [0.3, 0.4) is 0 Å². The largest absolute Gasteiger partial charge is 0.456 e. The van der Waals surface area contributed by atoms with E-state index in [0.717, 1.165) is 19.3 Å². The Morgan fingerprint density at radius 3 is 2.82 bits per heavy atom. The third-order valence-electron chi connectivity index (χ3n) is 3.56. The van der Waals surface area contributed by atoms with E-state index < -0.39 is 24.4 Å². The molecule has 2 fully saturated rings. The Labute approximate surface area is 98.3 Å². The molecule has 6 heteroatoms. The lowest BCUT2D eigenvalue weighted by atomic mass is 10.0. The Morgan fingerprint density at radius 1 is 1.47 bits per heavy atom. The van der Waals surface area contributed by atoms with Crippen molar-refractivity contribution in [2.45, 2.75) is 43.8 Å². The van der Waals surface area contributed by atoms with Gasteiger partial charge in [-0.2, -0.15) is 8.78 Å². The first-order valence-electron chi connectivity index (χ1n) is 5.96. The maximum atomic E-state index is 12.9. The third-order valence-corrected chi connectivity index (χ3v) is 3.56. The molecule has 3 unspecified atom stereocenters. The van der Waals surface area contributed by atoms with Crippen molar-refractivity contribution in [3.05, 3.63) is 0 Å². The molecule has 1 aliphatic heterocycles. The molecule has 2 rings (SSSR count). The molecule has 3 atom stereocenters. The third kappa shape index (κ3) is 2.74. The number of cyclic esters (lactones) is 1. The van der Waals surface area contributed by atoms with Crippen LogP contribution in [0.5, 0.6) is 0 Å². The van der Waals surface area contributed by atoms with Gasteiger partial charge in [0.1, 0.15) is 6.10 Å². The van der Waals surface area contributed by atoms with Crippen LogP contribution in [-0.4, -0.2) is 42.3 Å². The van der Waals surface area contributed by atoms with Crippen LogP contribution in [0.15, 0.2) is 0 Å². The van der Waals surface area contributed by atoms with Crippen LogP contribution in [0.2, 0.25) is 0 Å². The van der Waals surface area contributed by atoms with Crippen LogP contribution in [0.1, 0.15) is 25.7 Å². The van der Waals surface area contributed by atoms with E-state index in [1.807, 2.05) is 0 Å². The number of aliphatic hydroxyl groups is 1. The van der Waals surface area contributed by atoms with Crippen molar-refractivity contribution < 1.29 is 23.4 Å². The molecule has 1 saturated heterocycles. The molecular formula is C11H17F2NO3. The summed E-state index contributed by atoms with van der Waals surface area (Å²) >= 11 is 0. The Balaban J connectivity index is 1.78. The van der Waals surface area contributed by atoms with E-state index in [2.05, 4.69) is 10.1 Å². The second kappa shape index (κ2) is 4.86. The first-order valence-corrected chi connectivity index (χ1v) is 5.96. The smallest absolute Gasteiger partial charge is 0.377 e.